The molecule has 0 unspecified atom stereocenters. The Bertz CT molecular complexity index is 848. The summed E-state index contributed by atoms with van der Waals surface area (Å²) in [4.78, 5) is 4.21. The van der Waals surface area contributed by atoms with Crippen LogP contribution in [0.1, 0.15) is 0 Å². The highest BCUT2D eigenvalue weighted by Crippen LogP contribution is 2.33. The van der Waals surface area contributed by atoms with Crippen molar-refractivity contribution in [3.05, 3.63) is 45.1 Å². The molecule has 0 aliphatic carbocycles. The number of nitrogens with two attached hydrogens (primary N) is 1. The second kappa shape index (κ2) is 5.31. The zero-order chi connectivity index (χ0) is 15.1. The van der Waals surface area contributed by atoms with Crippen molar-refractivity contribution < 1.29 is 9.13 Å². The maximum atomic E-state index is 13.6. The third kappa shape index (κ3) is 2.40. The van der Waals surface area contributed by atoms with E-state index in [4.69, 9.17) is 10.5 Å². The first-order valence-corrected chi connectivity index (χ1v) is 7.56. The highest BCUT2D eigenvalue weighted by atomic mass is 79.9. The van der Waals surface area contributed by atoms with Crippen LogP contribution in [0.25, 0.3) is 16.7 Å². The number of halogens is 3. The number of rotatable bonds is 2. The van der Waals surface area contributed by atoms with Crippen LogP contribution in [0, 0.1) is 5.82 Å². The van der Waals surface area contributed by atoms with Gasteiger partial charge in [-0.05, 0) is 40.2 Å². The number of nitrogen functional groups attached to an aromatic ring is 1. The third-order valence-electron chi connectivity index (χ3n) is 3.10. The highest BCUT2D eigenvalue weighted by Gasteiger charge is 2.16. The maximum absolute atomic E-state index is 13.6. The van der Waals surface area contributed by atoms with E-state index in [1.54, 1.807) is 17.7 Å². The van der Waals surface area contributed by atoms with Crippen LogP contribution >= 0.6 is 31.9 Å². The zero-order valence-corrected chi connectivity index (χ0v) is 14.1. The molecule has 0 fully saturated rings. The molecule has 108 valence electrons. The summed E-state index contributed by atoms with van der Waals surface area (Å²) in [5.74, 6) is 0.525. The molecule has 2 N–H and O–H groups in total. The number of aromatic nitrogens is 2. The molecule has 0 aliphatic heterocycles. The van der Waals surface area contributed by atoms with Gasteiger partial charge in [-0.3, -0.25) is 4.57 Å². The third-order valence-corrected chi connectivity index (χ3v) is 4.21. The van der Waals surface area contributed by atoms with Gasteiger partial charge in [-0.1, -0.05) is 15.9 Å². The molecule has 3 aromatic rings. The molecule has 1 aromatic heterocycles. The predicted octanol–water partition coefficient (Wildman–Crippen LogP) is 4.28. The first kappa shape index (κ1) is 14.3. The van der Waals surface area contributed by atoms with E-state index in [1.807, 2.05) is 18.2 Å². The Morgan fingerprint density at radius 1 is 1.24 bits per heavy atom. The lowest BCUT2D eigenvalue weighted by molar-refractivity contribution is 0.413. The zero-order valence-electron chi connectivity index (χ0n) is 10.9. The Morgan fingerprint density at radius 2 is 2.00 bits per heavy atom. The van der Waals surface area contributed by atoms with Gasteiger partial charge in [-0.15, -0.1) is 0 Å². The van der Waals surface area contributed by atoms with Crippen molar-refractivity contribution >= 4 is 48.8 Å². The van der Waals surface area contributed by atoms with Gasteiger partial charge >= 0.3 is 0 Å². The molecule has 21 heavy (non-hydrogen) atoms. The van der Waals surface area contributed by atoms with Crippen LogP contribution in [-0.2, 0) is 0 Å². The molecule has 0 spiro atoms. The van der Waals surface area contributed by atoms with E-state index in [9.17, 15) is 4.39 Å². The van der Waals surface area contributed by atoms with Crippen LogP contribution in [0.15, 0.2) is 39.3 Å². The van der Waals surface area contributed by atoms with Gasteiger partial charge < -0.3 is 10.5 Å². The van der Waals surface area contributed by atoms with Crippen LogP contribution in [0.4, 0.5) is 10.3 Å². The van der Waals surface area contributed by atoms with Crippen molar-refractivity contribution in [2.24, 2.45) is 0 Å². The quantitative estimate of drug-likeness (QED) is 0.680. The fourth-order valence-electron chi connectivity index (χ4n) is 2.18. The van der Waals surface area contributed by atoms with Gasteiger partial charge in [0.1, 0.15) is 11.6 Å². The summed E-state index contributed by atoms with van der Waals surface area (Å²) < 4.78 is 22.0. The lowest BCUT2D eigenvalue weighted by Crippen LogP contribution is -2.03. The number of hydrogen-bond acceptors (Lipinski definition) is 3. The molecule has 2 aromatic carbocycles. The van der Waals surface area contributed by atoms with Gasteiger partial charge in [-0.25, -0.2) is 9.37 Å². The topological polar surface area (TPSA) is 53.1 Å². The summed E-state index contributed by atoms with van der Waals surface area (Å²) >= 11 is 6.61. The average Bonchev–Trinajstić information content (AvgIpc) is 2.74. The van der Waals surface area contributed by atoms with Crippen LogP contribution < -0.4 is 10.5 Å². The molecule has 4 nitrogen and oxygen atoms in total. The lowest BCUT2D eigenvalue weighted by Gasteiger charge is -2.12. The minimum Gasteiger partial charge on any atom is -0.495 e. The Kier molecular flexibility index (Phi) is 3.62. The smallest absolute Gasteiger partial charge is 0.206 e. The second-order valence-electron chi connectivity index (χ2n) is 4.38. The van der Waals surface area contributed by atoms with Gasteiger partial charge in [0.15, 0.2) is 0 Å². The van der Waals surface area contributed by atoms with E-state index in [-0.39, 0.29) is 11.8 Å². The van der Waals surface area contributed by atoms with Crippen LogP contribution in [0.3, 0.4) is 0 Å². The largest absolute Gasteiger partial charge is 0.495 e. The van der Waals surface area contributed by atoms with E-state index in [1.165, 1.54) is 6.07 Å². The Balaban J connectivity index is 2.37. The SMILES string of the molecule is COc1ccc(Br)cc1-n1c(N)nc2cc(F)c(Br)cc21. The number of hydrogen-bond donors (Lipinski definition) is 1. The Labute approximate surface area is 137 Å². The van der Waals surface area contributed by atoms with E-state index in [0.29, 0.717) is 21.3 Å². The van der Waals surface area contributed by atoms with Gasteiger partial charge in [0.25, 0.3) is 0 Å². The molecular weight excluding hydrogens is 405 g/mol. The van der Waals surface area contributed by atoms with E-state index < -0.39 is 0 Å². The molecule has 0 bridgehead atoms. The summed E-state index contributed by atoms with van der Waals surface area (Å²) in [7, 11) is 1.58. The molecule has 3 rings (SSSR count). The molecule has 0 atom stereocenters. The summed E-state index contributed by atoms with van der Waals surface area (Å²) in [6.45, 7) is 0. The number of benzene rings is 2. The summed E-state index contributed by atoms with van der Waals surface area (Å²) in [6, 6.07) is 8.55. The minimum atomic E-state index is -0.381. The highest BCUT2D eigenvalue weighted by molar-refractivity contribution is 9.10. The average molecular weight is 415 g/mol. The second-order valence-corrected chi connectivity index (χ2v) is 6.15. The standard InChI is InChI=1S/C14H10Br2FN3O/c1-21-13-3-2-7(15)4-12(13)20-11-5-8(16)9(17)6-10(11)19-14(20)18/h2-6H,1H3,(H2,18,19). The first-order chi connectivity index (χ1) is 10.0. The van der Waals surface area contributed by atoms with Crippen molar-refractivity contribution in [3.63, 3.8) is 0 Å². The van der Waals surface area contributed by atoms with Crippen molar-refractivity contribution in [2.45, 2.75) is 0 Å². The molecule has 0 amide bonds. The number of methoxy groups -OCH3 is 1. The van der Waals surface area contributed by atoms with E-state index in [2.05, 4.69) is 36.8 Å². The monoisotopic (exact) mass is 413 g/mol. The van der Waals surface area contributed by atoms with Crippen molar-refractivity contribution in [3.8, 4) is 11.4 Å². The van der Waals surface area contributed by atoms with Crippen molar-refractivity contribution in [1.29, 1.82) is 0 Å². The number of fused-ring (bicyclic) bond motifs is 1. The molecule has 7 heteroatoms. The maximum Gasteiger partial charge on any atom is 0.206 e. The molecule has 0 saturated heterocycles. The van der Waals surface area contributed by atoms with Gasteiger partial charge in [0, 0.05) is 10.5 Å². The van der Waals surface area contributed by atoms with E-state index in [0.717, 1.165) is 10.2 Å². The number of nitrogens with zero attached hydrogens (tertiary/aromatic N) is 2. The number of anilines is 1. The predicted molar refractivity (Wildman–Crippen MR) is 87.4 cm³/mol. The molecule has 0 radical (unpaired) electrons. The van der Waals surface area contributed by atoms with Crippen LogP contribution in [0.5, 0.6) is 5.75 Å². The Morgan fingerprint density at radius 3 is 2.71 bits per heavy atom. The summed E-state index contributed by atoms with van der Waals surface area (Å²) in [5.41, 5.74) is 7.90. The molecule has 1 heterocycles. The first-order valence-electron chi connectivity index (χ1n) is 5.98. The lowest BCUT2D eigenvalue weighted by atomic mass is 10.2. The molecule has 0 aliphatic rings. The summed E-state index contributed by atoms with van der Waals surface area (Å²) in [5, 5.41) is 0. The molecule has 0 saturated carbocycles. The fourth-order valence-corrected chi connectivity index (χ4v) is 2.86. The number of ether oxygens (including phenoxy) is 1. The fraction of sp³-hybridized carbons (Fsp3) is 0.0714. The van der Waals surface area contributed by atoms with Gasteiger partial charge in [0.2, 0.25) is 5.95 Å². The minimum absolute atomic E-state index is 0.263. The molecular formula is C14H10Br2FN3O. The van der Waals surface area contributed by atoms with Crippen LogP contribution in [-0.4, -0.2) is 16.7 Å². The summed E-state index contributed by atoms with van der Waals surface area (Å²) in [6.07, 6.45) is 0. The normalized spacial score (nSPS) is 11.0. The van der Waals surface area contributed by atoms with Crippen molar-refractivity contribution in [2.75, 3.05) is 12.8 Å². The van der Waals surface area contributed by atoms with Crippen LogP contribution in [0.2, 0.25) is 0 Å². The van der Waals surface area contributed by atoms with Crippen molar-refractivity contribution in [1.82, 2.24) is 9.55 Å². The van der Waals surface area contributed by atoms with Gasteiger partial charge in [-0.2, -0.15) is 0 Å². The number of imidazole rings is 1. The Hall–Kier alpha value is -1.60. The van der Waals surface area contributed by atoms with E-state index >= 15 is 0 Å². The van der Waals surface area contributed by atoms with Gasteiger partial charge in [0.05, 0.1) is 28.3 Å².